The predicted octanol–water partition coefficient (Wildman–Crippen LogP) is 1.52. The molecule has 0 spiro atoms. The van der Waals surface area contributed by atoms with Gasteiger partial charge in [-0.05, 0) is 31.0 Å². The summed E-state index contributed by atoms with van der Waals surface area (Å²) in [6.07, 6.45) is 1.09. The fourth-order valence-electron chi connectivity index (χ4n) is 2.20. The number of nitrogens with zero attached hydrogens (tertiary/aromatic N) is 1. The lowest BCUT2D eigenvalue weighted by molar-refractivity contribution is 0.238. The van der Waals surface area contributed by atoms with E-state index in [9.17, 15) is 0 Å². The van der Waals surface area contributed by atoms with Crippen molar-refractivity contribution in [1.29, 1.82) is 0 Å². The van der Waals surface area contributed by atoms with Gasteiger partial charge in [0.05, 0.1) is 0 Å². The van der Waals surface area contributed by atoms with Crippen molar-refractivity contribution in [1.82, 2.24) is 0 Å². The van der Waals surface area contributed by atoms with E-state index in [1.807, 2.05) is 6.92 Å². The topological polar surface area (TPSA) is 49.5 Å². The monoisotopic (exact) mass is 220 g/mol. The summed E-state index contributed by atoms with van der Waals surface area (Å²) < 4.78 is 0. The zero-order valence-electron chi connectivity index (χ0n) is 9.76. The van der Waals surface area contributed by atoms with Gasteiger partial charge in [-0.3, -0.25) is 0 Å². The molecule has 0 saturated carbocycles. The fraction of sp³-hybridized carbons (Fsp3) is 0.538. The molecule has 1 aromatic rings. The molecule has 1 fully saturated rings. The van der Waals surface area contributed by atoms with Crippen LogP contribution in [0.4, 0.5) is 5.69 Å². The molecule has 1 aromatic carbocycles. The van der Waals surface area contributed by atoms with Crippen LogP contribution in [0.15, 0.2) is 24.3 Å². The van der Waals surface area contributed by atoms with Crippen LogP contribution in [0, 0.1) is 5.92 Å². The van der Waals surface area contributed by atoms with E-state index >= 15 is 0 Å². The molecule has 0 bridgehead atoms. The highest BCUT2D eigenvalue weighted by Gasteiger charge is 2.21. The van der Waals surface area contributed by atoms with Crippen LogP contribution >= 0.6 is 0 Å². The first kappa shape index (κ1) is 11.4. The molecule has 2 atom stereocenters. The second kappa shape index (κ2) is 4.85. The van der Waals surface area contributed by atoms with Crippen LogP contribution in [0.2, 0.25) is 0 Å². The lowest BCUT2D eigenvalue weighted by Gasteiger charge is -2.19. The number of rotatable bonds is 3. The van der Waals surface area contributed by atoms with Crippen molar-refractivity contribution in [2.45, 2.75) is 19.4 Å². The van der Waals surface area contributed by atoms with Crippen LogP contribution in [0.1, 0.15) is 24.9 Å². The van der Waals surface area contributed by atoms with Gasteiger partial charge in [0, 0.05) is 37.3 Å². The number of aliphatic hydroxyl groups excluding tert-OH is 1. The first-order valence-electron chi connectivity index (χ1n) is 5.92. The molecule has 1 heterocycles. The largest absolute Gasteiger partial charge is 0.396 e. The summed E-state index contributed by atoms with van der Waals surface area (Å²) in [5, 5.41) is 9.10. The Hall–Kier alpha value is -1.06. The van der Waals surface area contributed by atoms with E-state index in [0.29, 0.717) is 12.5 Å². The van der Waals surface area contributed by atoms with Gasteiger partial charge in [0.25, 0.3) is 0 Å². The highest BCUT2D eigenvalue weighted by Crippen LogP contribution is 2.24. The van der Waals surface area contributed by atoms with Crippen molar-refractivity contribution in [3.63, 3.8) is 0 Å². The van der Waals surface area contributed by atoms with Crippen LogP contribution in [0.5, 0.6) is 0 Å². The van der Waals surface area contributed by atoms with Crippen molar-refractivity contribution in [2.24, 2.45) is 11.7 Å². The minimum Gasteiger partial charge on any atom is -0.396 e. The number of nitrogens with two attached hydrogens (primary N) is 1. The van der Waals surface area contributed by atoms with Crippen molar-refractivity contribution in [3.05, 3.63) is 29.8 Å². The summed E-state index contributed by atoms with van der Waals surface area (Å²) in [6.45, 7) is 4.30. The minimum atomic E-state index is 0.0952. The summed E-state index contributed by atoms with van der Waals surface area (Å²) in [5.74, 6) is 0.438. The van der Waals surface area contributed by atoms with Gasteiger partial charge >= 0.3 is 0 Å². The fourth-order valence-corrected chi connectivity index (χ4v) is 2.20. The maximum atomic E-state index is 9.10. The van der Waals surface area contributed by atoms with E-state index in [4.69, 9.17) is 10.8 Å². The number of benzene rings is 1. The molecule has 88 valence electrons. The molecule has 16 heavy (non-hydrogen) atoms. The van der Waals surface area contributed by atoms with E-state index < -0.39 is 0 Å². The van der Waals surface area contributed by atoms with Crippen LogP contribution in [-0.4, -0.2) is 24.8 Å². The summed E-state index contributed by atoms with van der Waals surface area (Å²) in [6, 6.07) is 8.52. The van der Waals surface area contributed by atoms with Crippen molar-refractivity contribution in [2.75, 3.05) is 24.6 Å². The lowest BCUT2D eigenvalue weighted by atomic mass is 10.1. The van der Waals surface area contributed by atoms with E-state index in [2.05, 4.69) is 29.2 Å². The zero-order valence-corrected chi connectivity index (χ0v) is 9.76. The molecule has 1 aliphatic heterocycles. The van der Waals surface area contributed by atoms with E-state index in [1.54, 1.807) is 0 Å². The minimum absolute atomic E-state index is 0.0952. The van der Waals surface area contributed by atoms with Crippen molar-refractivity contribution < 1.29 is 5.11 Å². The molecule has 0 radical (unpaired) electrons. The van der Waals surface area contributed by atoms with Gasteiger partial charge in [-0.1, -0.05) is 12.1 Å². The highest BCUT2D eigenvalue weighted by molar-refractivity contribution is 5.48. The number of hydrogen-bond donors (Lipinski definition) is 2. The predicted molar refractivity (Wildman–Crippen MR) is 66.5 cm³/mol. The first-order valence-corrected chi connectivity index (χ1v) is 5.92. The third-order valence-electron chi connectivity index (χ3n) is 3.33. The van der Waals surface area contributed by atoms with Crippen LogP contribution in [0.25, 0.3) is 0 Å². The molecule has 2 rings (SSSR count). The van der Waals surface area contributed by atoms with Crippen molar-refractivity contribution >= 4 is 5.69 Å². The Morgan fingerprint density at radius 2 is 2.12 bits per heavy atom. The van der Waals surface area contributed by atoms with E-state index in [1.165, 1.54) is 11.3 Å². The maximum Gasteiger partial charge on any atom is 0.0476 e. The standard InChI is InChI=1S/C13H20N2O/c1-10(14)12-2-4-13(5-3-12)15-7-6-11(8-15)9-16/h2-5,10-11,16H,6-9,14H2,1H3. The molecule has 1 saturated heterocycles. The van der Waals surface area contributed by atoms with Gasteiger partial charge < -0.3 is 15.7 Å². The highest BCUT2D eigenvalue weighted by atomic mass is 16.3. The Morgan fingerprint density at radius 3 is 2.62 bits per heavy atom. The van der Waals surface area contributed by atoms with E-state index in [-0.39, 0.29) is 6.04 Å². The zero-order chi connectivity index (χ0) is 11.5. The number of hydrogen-bond acceptors (Lipinski definition) is 3. The van der Waals surface area contributed by atoms with Gasteiger partial charge in [-0.25, -0.2) is 0 Å². The molecule has 0 aromatic heterocycles. The van der Waals surface area contributed by atoms with Crippen LogP contribution < -0.4 is 10.6 Å². The Labute approximate surface area is 96.9 Å². The van der Waals surface area contributed by atoms with Gasteiger partial charge in [-0.15, -0.1) is 0 Å². The average molecular weight is 220 g/mol. The molecular weight excluding hydrogens is 200 g/mol. The average Bonchev–Trinajstić information content (AvgIpc) is 2.77. The molecule has 0 amide bonds. The number of anilines is 1. The summed E-state index contributed by atoms with van der Waals surface area (Å²) in [7, 11) is 0. The number of aliphatic hydroxyl groups is 1. The molecule has 2 unspecified atom stereocenters. The lowest BCUT2D eigenvalue weighted by Crippen LogP contribution is -2.20. The van der Waals surface area contributed by atoms with E-state index in [0.717, 1.165) is 19.5 Å². The molecule has 1 aliphatic rings. The van der Waals surface area contributed by atoms with Crippen molar-refractivity contribution in [3.8, 4) is 0 Å². The molecule has 3 heteroatoms. The van der Waals surface area contributed by atoms with Gasteiger partial charge in [0.1, 0.15) is 0 Å². The van der Waals surface area contributed by atoms with Gasteiger partial charge in [0.15, 0.2) is 0 Å². The smallest absolute Gasteiger partial charge is 0.0476 e. The van der Waals surface area contributed by atoms with Crippen LogP contribution in [-0.2, 0) is 0 Å². The van der Waals surface area contributed by atoms with Gasteiger partial charge in [-0.2, -0.15) is 0 Å². The molecule has 0 aliphatic carbocycles. The Kier molecular flexibility index (Phi) is 3.46. The first-order chi connectivity index (χ1) is 7.70. The Balaban J connectivity index is 2.05. The molecular formula is C13H20N2O. The summed E-state index contributed by atoms with van der Waals surface area (Å²) in [5.41, 5.74) is 8.22. The second-order valence-electron chi connectivity index (χ2n) is 4.66. The SMILES string of the molecule is CC(N)c1ccc(N2CCC(CO)C2)cc1. The second-order valence-corrected chi connectivity index (χ2v) is 4.66. The Bertz CT molecular complexity index is 334. The third kappa shape index (κ3) is 2.36. The Morgan fingerprint density at radius 1 is 1.44 bits per heavy atom. The van der Waals surface area contributed by atoms with Gasteiger partial charge in [0.2, 0.25) is 0 Å². The quantitative estimate of drug-likeness (QED) is 0.812. The maximum absolute atomic E-state index is 9.10. The van der Waals surface area contributed by atoms with Crippen LogP contribution in [0.3, 0.4) is 0 Å². The molecule has 3 N–H and O–H groups in total. The summed E-state index contributed by atoms with van der Waals surface area (Å²) in [4.78, 5) is 2.33. The summed E-state index contributed by atoms with van der Waals surface area (Å²) >= 11 is 0. The molecule has 3 nitrogen and oxygen atoms in total. The normalized spacial score (nSPS) is 22.4. The third-order valence-corrected chi connectivity index (χ3v) is 3.33.